The van der Waals surface area contributed by atoms with Crippen molar-refractivity contribution >= 4 is 11.6 Å². The van der Waals surface area contributed by atoms with Crippen molar-refractivity contribution in [1.29, 1.82) is 0 Å². The summed E-state index contributed by atoms with van der Waals surface area (Å²) in [6.07, 6.45) is 1.76. The third kappa shape index (κ3) is 4.42. The standard InChI is InChI=1S/C12H17NO3/c14-8-2-1-3-12(16)13-11-6-4-10(9-15)5-7-11/h4-7,14-15H,1-3,8-9H2,(H,13,16). The fourth-order valence-electron chi connectivity index (χ4n) is 1.31. The number of amides is 1. The van der Waals surface area contributed by atoms with Crippen LogP contribution in [-0.4, -0.2) is 22.7 Å². The van der Waals surface area contributed by atoms with Gasteiger partial charge in [0.15, 0.2) is 0 Å². The van der Waals surface area contributed by atoms with E-state index in [9.17, 15) is 4.79 Å². The van der Waals surface area contributed by atoms with Gasteiger partial charge >= 0.3 is 0 Å². The van der Waals surface area contributed by atoms with Gasteiger partial charge in [0, 0.05) is 18.7 Å². The lowest BCUT2D eigenvalue weighted by molar-refractivity contribution is -0.116. The first-order valence-electron chi connectivity index (χ1n) is 5.37. The van der Waals surface area contributed by atoms with Crippen molar-refractivity contribution in [3.63, 3.8) is 0 Å². The molecule has 4 heteroatoms. The molecule has 0 bridgehead atoms. The molecule has 1 aromatic carbocycles. The Morgan fingerprint density at radius 3 is 2.38 bits per heavy atom. The fourth-order valence-corrected chi connectivity index (χ4v) is 1.31. The Morgan fingerprint density at radius 1 is 1.12 bits per heavy atom. The highest BCUT2D eigenvalue weighted by Gasteiger charge is 2.01. The zero-order chi connectivity index (χ0) is 11.8. The van der Waals surface area contributed by atoms with Crippen molar-refractivity contribution in [3.8, 4) is 0 Å². The number of nitrogens with one attached hydrogen (secondary N) is 1. The monoisotopic (exact) mass is 223 g/mol. The molecule has 0 radical (unpaired) electrons. The molecule has 0 spiro atoms. The Balaban J connectivity index is 2.37. The number of benzene rings is 1. The van der Waals surface area contributed by atoms with Crippen LogP contribution in [0.15, 0.2) is 24.3 Å². The van der Waals surface area contributed by atoms with E-state index in [1.54, 1.807) is 24.3 Å². The number of aliphatic hydroxyl groups excluding tert-OH is 2. The average Bonchev–Trinajstić information content (AvgIpc) is 2.30. The van der Waals surface area contributed by atoms with Crippen molar-refractivity contribution in [1.82, 2.24) is 0 Å². The maximum atomic E-state index is 11.4. The summed E-state index contributed by atoms with van der Waals surface area (Å²) in [5.74, 6) is -0.0507. The first-order chi connectivity index (χ1) is 7.76. The lowest BCUT2D eigenvalue weighted by Crippen LogP contribution is -2.11. The highest BCUT2D eigenvalue weighted by atomic mass is 16.3. The van der Waals surface area contributed by atoms with Gasteiger partial charge in [0.05, 0.1) is 6.61 Å². The molecule has 0 aliphatic carbocycles. The molecular weight excluding hydrogens is 206 g/mol. The van der Waals surface area contributed by atoms with Crippen LogP contribution in [0.3, 0.4) is 0 Å². The van der Waals surface area contributed by atoms with Gasteiger partial charge in [-0.05, 0) is 30.5 Å². The Morgan fingerprint density at radius 2 is 1.81 bits per heavy atom. The molecule has 16 heavy (non-hydrogen) atoms. The van der Waals surface area contributed by atoms with Crippen molar-refractivity contribution < 1.29 is 15.0 Å². The molecule has 0 aliphatic heterocycles. The molecule has 1 aromatic rings. The molecule has 0 heterocycles. The lowest BCUT2D eigenvalue weighted by atomic mass is 10.2. The number of hydrogen-bond acceptors (Lipinski definition) is 3. The molecule has 3 N–H and O–H groups in total. The van der Waals surface area contributed by atoms with E-state index in [1.807, 2.05) is 0 Å². The van der Waals surface area contributed by atoms with Gasteiger partial charge in [-0.25, -0.2) is 0 Å². The fraction of sp³-hybridized carbons (Fsp3) is 0.417. The molecular formula is C12H17NO3. The van der Waals surface area contributed by atoms with Crippen molar-refractivity contribution in [2.75, 3.05) is 11.9 Å². The first kappa shape index (κ1) is 12.7. The summed E-state index contributed by atoms with van der Waals surface area (Å²) in [7, 11) is 0. The zero-order valence-corrected chi connectivity index (χ0v) is 9.15. The molecule has 0 unspecified atom stereocenters. The second kappa shape index (κ2) is 6.98. The molecule has 0 atom stereocenters. The summed E-state index contributed by atoms with van der Waals surface area (Å²) >= 11 is 0. The number of carbonyl (C=O) groups excluding carboxylic acids is 1. The van der Waals surface area contributed by atoms with Crippen molar-refractivity contribution in [2.45, 2.75) is 25.9 Å². The molecule has 0 fully saturated rings. The molecule has 0 saturated heterocycles. The molecule has 1 amide bonds. The van der Waals surface area contributed by atoms with Crippen LogP contribution in [0.25, 0.3) is 0 Å². The second-order valence-corrected chi connectivity index (χ2v) is 3.58. The minimum atomic E-state index is -0.0507. The third-order valence-electron chi connectivity index (χ3n) is 2.23. The molecule has 1 rings (SSSR count). The first-order valence-corrected chi connectivity index (χ1v) is 5.37. The minimum absolute atomic E-state index is 0.00469. The Bertz CT molecular complexity index is 322. The second-order valence-electron chi connectivity index (χ2n) is 3.58. The summed E-state index contributed by atoms with van der Waals surface area (Å²) in [4.78, 5) is 11.4. The molecule has 0 saturated carbocycles. The van der Waals surface area contributed by atoms with Crippen LogP contribution in [0.2, 0.25) is 0 Å². The van der Waals surface area contributed by atoms with Gasteiger partial charge < -0.3 is 15.5 Å². The van der Waals surface area contributed by atoms with Crippen molar-refractivity contribution in [3.05, 3.63) is 29.8 Å². The van der Waals surface area contributed by atoms with Crippen LogP contribution in [0, 0.1) is 0 Å². The summed E-state index contributed by atoms with van der Waals surface area (Å²) < 4.78 is 0. The minimum Gasteiger partial charge on any atom is -0.396 e. The van der Waals surface area contributed by atoms with Gasteiger partial charge in [0.25, 0.3) is 0 Å². The van der Waals surface area contributed by atoms with Crippen molar-refractivity contribution in [2.24, 2.45) is 0 Å². The highest BCUT2D eigenvalue weighted by molar-refractivity contribution is 5.90. The lowest BCUT2D eigenvalue weighted by Gasteiger charge is -2.05. The predicted molar refractivity (Wildman–Crippen MR) is 61.9 cm³/mol. The molecule has 0 aliphatic rings. The van der Waals surface area contributed by atoms with Gasteiger partial charge in [0.1, 0.15) is 0 Å². The van der Waals surface area contributed by atoms with E-state index < -0.39 is 0 Å². The summed E-state index contributed by atoms with van der Waals surface area (Å²) in [5.41, 5.74) is 1.55. The number of aliphatic hydroxyl groups is 2. The largest absolute Gasteiger partial charge is 0.396 e. The van der Waals surface area contributed by atoms with E-state index in [1.165, 1.54) is 0 Å². The van der Waals surface area contributed by atoms with E-state index in [0.717, 1.165) is 11.3 Å². The summed E-state index contributed by atoms with van der Waals surface area (Å²) in [5, 5.41) is 20.2. The van der Waals surface area contributed by atoms with E-state index in [4.69, 9.17) is 10.2 Å². The normalized spacial score (nSPS) is 10.1. The van der Waals surface area contributed by atoms with E-state index in [2.05, 4.69) is 5.32 Å². The molecule has 4 nitrogen and oxygen atoms in total. The van der Waals surface area contributed by atoms with Gasteiger partial charge in [-0.2, -0.15) is 0 Å². The van der Waals surface area contributed by atoms with Gasteiger partial charge in [-0.15, -0.1) is 0 Å². The van der Waals surface area contributed by atoms with Gasteiger partial charge in [0.2, 0.25) is 5.91 Å². The highest BCUT2D eigenvalue weighted by Crippen LogP contribution is 2.10. The number of anilines is 1. The van der Waals surface area contributed by atoms with Crippen LogP contribution >= 0.6 is 0 Å². The maximum absolute atomic E-state index is 11.4. The number of rotatable bonds is 6. The Labute approximate surface area is 94.9 Å². The van der Waals surface area contributed by atoms with Gasteiger partial charge in [-0.1, -0.05) is 12.1 Å². The van der Waals surface area contributed by atoms with Crippen LogP contribution in [0.1, 0.15) is 24.8 Å². The van der Waals surface area contributed by atoms with Crippen LogP contribution < -0.4 is 5.32 Å². The van der Waals surface area contributed by atoms with Crippen LogP contribution in [0.5, 0.6) is 0 Å². The van der Waals surface area contributed by atoms with E-state index >= 15 is 0 Å². The van der Waals surface area contributed by atoms with Gasteiger partial charge in [-0.3, -0.25) is 4.79 Å². The Kier molecular flexibility index (Phi) is 5.53. The molecule has 0 aromatic heterocycles. The van der Waals surface area contributed by atoms with Crippen LogP contribution in [0.4, 0.5) is 5.69 Å². The SMILES string of the molecule is O=C(CCCCO)Nc1ccc(CO)cc1. The van der Waals surface area contributed by atoms with Crippen LogP contribution in [-0.2, 0) is 11.4 Å². The third-order valence-corrected chi connectivity index (χ3v) is 2.23. The van der Waals surface area contributed by atoms with E-state index in [-0.39, 0.29) is 19.1 Å². The maximum Gasteiger partial charge on any atom is 0.224 e. The predicted octanol–water partition coefficient (Wildman–Crippen LogP) is 1.28. The topological polar surface area (TPSA) is 69.6 Å². The van der Waals surface area contributed by atoms with E-state index in [0.29, 0.717) is 19.3 Å². The smallest absolute Gasteiger partial charge is 0.224 e. The number of carbonyl (C=O) groups is 1. The quantitative estimate of drug-likeness (QED) is 0.636. The summed E-state index contributed by atoms with van der Waals surface area (Å²) in [6, 6.07) is 7.05. The zero-order valence-electron chi connectivity index (χ0n) is 9.15. The summed E-state index contributed by atoms with van der Waals surface area (Å²) in [6.45, 7) is 0.128. The Hall–Kier alpha value is -1.39. The number of hydrogen-bond donors (Lipinski definition) is 3. The number of unbranched alkanes of at least 4 members (excludes halogenated alkanes) is 1. The molecule has 88 valence electrons. The average molecular weight is 223 g/mol.